The molecule has 0 spiro atoms. The smallest absolute Gasteiger partial charge is 0.264 e. The fraction of sp³-hybridized carbons (Fsp3) is 1.00. The Balaban J connectivity index is 0.000000614. The molecule has 0 aromatic rings. The Morgan fingerprint density at radius 1 is 0.725 bits per heavy atom. The lowest BCUT2D eigenvalue weighted by Gasteiger charge is -2.24. The first-order valence-corrected chi connectivity index (χ1v) is 16.0. The average Bonchev–Trinajstić information content (AvgIpc) is 2.90. The summed E-state index contributed by atoms with van der Waals surface area (Å²) in [6.07, 6.45) is 7.50. The van der Waals surface area contributed by atoms with E-state index in [1.807, 2.05) is 23.9 Å². The van der Waals surface area contributed by atoms with Crippen LogP contribution in [0, 0.1) is 0 Å². The lowest BCUT2D eigenvalue weighted by atomic mass is 10.2. The molecule has 2 fully saturated rings. The summed E-state index contributed by atoms with van der Waals surface area (Å²) < 4.78 is 71.5. The second-order valence-electron chi connectivity index (χ2n) is 9.87. The van der Waals surface area contributed by atoms with E-state index in [2.05, 4.69) is 4.18 Å². The monoisotopic (exact) mass is 605 g/mol. The zero-order valence-corrected chi connectivity index (χ0v) is 25.9. The van der Waals surface area contributed by atoms with Gasteiger partial charge < -0.3 is 38.8 Å². The number of alkyl halides is 2. The van der Waals surface area contributed by atoms with Crippen molar-refractivity contribution in [3.63, 3.8) is 0 Å². The molecular weight excluding hydrogens is 550 g/mol. The zero-order valence-electron chi connectivity index (χ0n) is 25.1. The molecule has 0 aliphatic carbocycles. The average molecular weight is 606 g/mol. The molecule has 1 N–H and O–H groups in total. The van der Waals surface area contributed by atoms with Crippen molar-refractivity contribution in [2.24, 2.45) is 0 Å². The maximum absolute atomic E-state index is 11.9. The Bertz CT molecular complexity index is 652. The zero-order chi connectivity index (χ0) is 30.1. The Kier molecular flexibility index (Phi) is 25.7. The molecule has 2 aliphatic heterocycles. The topological polar surface area (TPSA) is 110 Å². The van der Waals surface area contributed by atoms with E-state index in [1.165, 1.54) is 6.42 Å². The summed E-state index contributed by atoms with van der Waals surface area (Å²) in [5.74, 6) is 0. The highest BCUT2D eigenvalue weighted by Crippen LogP contribution is 2.14. The van der Waals surface area contributed by atoms with Crippen LogP contribution in [-0.2, 0) is 33.2 Å². The van der Waals surface area contributed by atoms with Gasteiger partial charge in [0.15, 0.2) is 12.6 Å². The van der Waals surface area contributed by atoms with Crippen molar-refractivity contribution < 1.29 is 45.4 Å². The standard InChI is InChI=1S/C11H23NO5S.C10H20FNO2.C5H12FNO/c1-12(7-10-17-18(2,13)14)6-9-16-11-5-3-4-8-15-11;1-12(6-5-11)7-9-14-10-4-2-3-8-13-10;1-7(3-2-6)4-5-8/h11H,3-10H2,1-2H3;10H,2-9H2,1H3;8H,2-5H2,1H3/i;11-1;6-1. The van der Waals surface area contributed by atoms with Crippen LogP contribution in [0.5, 0.6) is 0 Å². The Morgan fingerprint density at radius 3 is 1.52 bits per heavy atom. The molecule has 0 saturated carbocycles. The van der Waals surface area contributed by atoms with Gasteiger partial charge in [0.05, 0.1) is 32.7 Å². The number of aliphatic hydroxyl groups excluding tert-OH is 1. The maximum Gasteiger partial charge on any atom is 0.264 e. The van der Waals surface area contributed by atoms with Crippen LogP contribution in [0.25, 0.3) is 0 Å². The summed E-state index contributed by atoms with van der Waals surface area (Å²) in [5.41, 5.74) is 0. The van der Waals surface area contributed by atoms with Gasteiger partial charge in [-0.05, 0) is 59.7 Å². The summed E-state index contributed by atoms with van der Waals surface area (Å²) in [6, 6.07) is 0. The highest BCUT2D eigenvalue weighted by molar-refractivity contribution is 7.85. The molecule has 0 aromatic carbocycles. The molecule has 242 valence electrons. The number of rotatable bonds is 18. The van der Waals surface area contributed by atoms with E-state index in [4.69, 9.17) is 24.1 Å². The van der Waals surface area contributed by atoms with E-state index in [9.17, 15) is 17.2 Å². The molecule has 11 nitrogen and oxygen atoms in total. The summed E-state index contributed by atoms with van der Waals surface area (Å²) in [4.78, 5) is 5.62. The van der Waals surface area contributed by atoms with Crippen molar-refractivity contribution >= 4 is 10.1 Å². The second-order valence-corrected chi connectivity index (χ2v) is 11.5. The van der Waals surface area contributed by atoms with Crippen LogP contribution in [0.4, 0.5) is 8.78 Å². The van der Waals surface area contributed by atoms with E-state index >= 15 is 0 Å². The third-order valence-corrected chi connectivity index (χ3v) is 6.61. The highest BCUT2D eigenvalue weighted by Gasteiger charge is 2.15. The van der Waals surface area contributed by atoms with Gasteiger partial charge in [0.2, 0.25) is 0 Å². The van der Waals surface area contributed by atoms with Crippen LogP contribution in [-0.4, -0.2) is 160 Å². The number of ether oxygens (including phenoxy) is 4. The molecule has 2 atom stereocenters. The van der Waals surface area contributed by atoms with Crippen LogP contribution >= 0.6 is 0 Å². The molecule has 0 radical (unpaired) electrons. The SMILES string of the molecule is CN(CCO)CC[18F].CN(CCOC1CCCCO1)CCOS(C)(=O)=O.CN(CC[18F])CCOC1CCCCO1. The lowest BCUT2D eigenvalue weighted by Crippen LogP contribution is -2.30. The van der Waals surface area contributed by atoms with E-state index in [1.54, 1.807) is 11.9 Å². The van der Waals surface area contributed by atoms with Crippen LogP contribution < -0.4 is 0 Å². The molecule has 2 rings (SSSR count). The molecule has 0 aromatic heterocycles. The Labute approximate surface area is 241 Å². The largest absolute Gasteiger partial charge is 0.395 e. The van der Waals surface area contributed by atoms with Crippen molar-refractivity contribution in [1.29, 1.82) is 0 Å². The fourth-order valence-corrected chi connectivity index (χ4v) is 3.88. The van der Waals surface area contributed by atoms with Crippen molar-refractivity contribution in [2.45, 2.75) is 51.1 Å². The normalized spacial score (nSPS) is 19.8. The maximum atomic E-state index is 11.9. The minimum absolute atomic E-state index is 0.0254. The summed E-state index contributed by atoms with van der Waals surface area (Å²) >= 11 is 0. The number of hydrogen-bond acceptors (Lipinski definition) is 11. The predicted octanol–water partition coefficient (Wildman–Crippen LogP) is 1.75. The van der Waals surface area contributed by atoms with Crippen molar-refractivity contribution in [1.82, 2.24) is 14.7 Å². The van der Waals surface area contributed by atoms with E-state index in [0.29, 0.717) is 39.4 Å². The van der Waals surface area contributed by atoms with E-state index in [0.717, 1.165) is 64.7 Å². The number of nitrogens with zero attached hydrogens (tertiary/aromatic N) is 3. The molecule has 40 heavy (non-hydrogen) atoms. The van der Waals surface area contributed by atoms with Gasteiger partial charge in [-0.1, -0.05) is 0 Å². The number of hydrogen-bond donors (Lipinski definition) is 1. The summed E-state index contributed by atoms with van der Waals surface area (Å²) in [5, 5.41) is 8.30. The molecule has 2 aliphatic rings. The lowest BCUT2D eigenvalue weighted by molar-refractivity contribution is -0.164. The van der Waals surface area contributed by atoms with Gasteiger partial charge in [-0.3, -0.25) is 4.18 Å². The minimum Gasteiger partial charge on any atom is -0.395 e. The molecule has 0 bridgehead atoms. The molecule has 2 saturated heterocycles. The number of likely N-dealkylation sites (N-methyl/N-ethyl adjacent to an activating group) is 3. The van der Waals surface area contributed by atoms with E-state index in [-0.39, 0.29) is 39.1 Å². The van der Waals surface area contributed by atoms with Crippen molar-refractivity contribution in [3.05, 3.63) is 0 Å². The molecule has 2 unspecified atom stereocenters. The van der Waals surface area contributed by atoms with Crippen molar-refractivity contribution in [2.75, 3.05) is 120 Å². The van der Waals surface area contributed by atoms with Gasteiger partial charge in [-0.15, -0.1) is 0 Å². The van der Waals surface area contributed by atoms with E-state index < -0.39 is 10.1 Å². The Hall–Kier alpha value is -0.550. The van der Waals surface area contributed by atoms with Crippen LogP contribution in [0.3, 0.4) is 0 Å². The Morgan fingerprint density at radius 2 is 1.15 bits per heavy atom. The van der Waals surface area contributed by atoms with Gasteiger partial charge in [0.1, 0.15) is 13.3 Å². The van der Waals surface area contributed by atoms with Gasteiger partial charge in [-0.2, -0.15) is 8.42 Å². The molecule has 0 amide bonds. The molecule has 2 heterocycles. The first-order valence-electron chi connectivity index (χ1n) is 14.2. The first kappa shape index (κ1) is 39.5. The minimum atomic E-state index is -3.34. The summed E-state index contributed by atoms with van der Waals surface area (Å²) in [6.45, 7) is 5.96. The quantitative estimate of drug-likeness (QED) is 0.231. The predicted molar refractivity (Wildman–Crippen MR) is 151 cm³/mol. The second kappa shape index (κ2) is 26.1. The third kappa shape index (κ3) is 26.4. The summed E-state index contributed by atoms with van der Waals surface area (Å²) in [7, 11) is 2.23. The van der Waals surface area contributed by atoms with Crippen molar-refractivity contribution in [3.8, 4) is 0 Å². The first-order chi connectivity index (χ1) is 19.1. The van der Waals surface area contributed by atoms with Gasteiger partial charge in [-0.25, -0.2) is 8.78 Å². The van der Waals surface area contributed by atoms with Crippen LogP contribution in [0.15, 0.2) is 0 Å². The van der Waals surface area contributed by atoms with Crippen LogP contribution in [0.1, 0.15) is 38.5 Å². The molecule has 14 heteroatoms. The number of aliphatic hydroxyl groups is 1. The van der Waals surface area contributed by atoms with Gasteiger partial charge in [0, 0.05) is 52.5 Å². The number of halogens is 2. The van der Waals surface area contributed by atoms with Gasteiger partial charge >= 0.3 is 0 Å². The fourth-order valence-electron chi connectivity index (χ4n) is 3.50. The van der Waals surface area contributed by atoms with Crippen LogP contribution in [0.2, 0.25) is 0 Å². The van der Waals surface area contributed by atoms with Gasteiger partial charge in [0.25, 0.3) is 10.1 Å². The highest BCUT2D eigenvalue weighted by atomic mass is 32.2. The molecular formula is C26H55F2N3O8S. The third-order valence-electron chi connectivity index (χ3n) is 6.01.